The fourth-order valence-corrected chi connectivity index (χ4v) is 4.43. The van der Waals surface area contributed by atoms with Gasteiger partial charge in [-0.1, -0.05) is 41.9 Å². The van der Waals surface area contributed by atoms with Gasteiger partial charge >= 0.3 is 5.97 Å². The van der Waals surface area contributed by atoms with Crippen molar-refractivity contribution in [1.29, 1.82) is 0 Å². The van der Waals surface area contributed by atoms with Gasteiger partial charge in [0.2, 0.25) is 0 Å². The van der Waals surface area contributed by atoms with E-state index in [1.807, 2.05) is 30.3 Å². The highest BCUT2D eigenvalue weighted by atomic mass is 35.5. The van der Waals surface area contributed by atoms with Gasteiger partial charge in [0.15, 0.2) is 0 Å². The van der Waals surface area contributed by atoms with Crippen LogP contribution in [0.4, 0.5) is 4.39 Å². The molecule has 1 amide bonds. The van der Waals surface area contributed by atoms with E-state index in [0.717, 1.165) is 9.98 Å². The highest BCUT2D eigenvalue weighted by molar-refractivity contribution is 6.32. The maximum Gasteiger partial charge on any atom is 0.311 e. The van der Waals surface area contributed by atoms with Gasteiger partial charge in [0.1, 0.15) is 30.0 Å². The molecule has 0 saturated heterocycles. The maximum atomic E-state index is 12.9. The molecule has 0 fully saturated rings. The van der Waals surface area contributed by atoms with Crippen LogP contribution in [0.3, 0.4) is 0 Å². The molecule has 0 bridgehead atoms. The van der Waals surface area contributed by atoms with Crippen molar-refractivity contribution in [3.63, 3.8) is 0 Å². The average molecular weight is 548 g/mol. The Bertz CT molecular complexity index is 1240. The molecule has 3 aromatic rings. The number of aliphatic carboxylic acids is 1. The Morgan fingerprint density at radius 3 is 2.54 bits per heavy atom. The smallest absolute Gasteiger partial charge is 0.311 e. The number of ether oxygens (including phenoxy) is 3. The summed E-state index contributed by atoms with van der Waals surface area (Å²) in [6.45, 7) is -0.468. The maximum absolute atomic E-state index is 12.9. The highest BCUT2D eigenvalue weighted by Gasteiger charge is 2.29. The lowest BCUT2D eigenvalue weighted by Gasteiger charge is -2.24. The third-order valence-corrected chi connectivity index (χ3v) is 6.43. The zero-order valence-electron chi connectivity index (χ0n) is 19.6. The van der Waals surface area contributed by atoms with Crippen LogP contribution in [-0.4, -0.2) is 47.8 Å². The molecule has 0 aliphatic carbocycles. The number of nitrogens with zero attached hydrogens (tertiary/aromatic N) is 1. The van der Waals surface area contributed by atoms with E-state index in [4.69, 9.17) is 37.6 Å². The number of benzene rings is 3. The van der Waals surface area contributed by atoms with Crippen LogP contribution >= 0.6 is 23.4 Å². The molecule has 0 spiro atoms. The van der Waals surface area contributed by atoms with E-state index in [1.54, 1.807) is 36.4 Å². The summed E-state index contributed by atoms with van der Waals surface area (Å²) in [4.78, 5) is 24.4. The van der Waals surface area contributed by atoms with E-state index in [1.165, 1.54) is 0 Å². The Morgan fingerprint density at radius 1 is 1.14 bits per heavy atom. The van der Waals surface area contributed by atoms with Crippen LogP contribution in [0.15, 0.2) is 66.7 Å². The molecule has 0 saturated carbocycles. The summed E-state index contributed by atoms with van der Waals surface area (Å²) in [5.41, 5.74) is 1.59. The first-order valence-electron chi connectivity index (χ1n) is 11.5. The van der Waals surface area contributed by atoms with Gasteiger partial charge in [0, 0.05) is 29.0 Å². The van der Waals surface area contributed by atoms with Crippen LogP contribution in [0, 0.1) is 0 Å². The van der Waals surface area contributed by atoms with E-state index >= 15 is 0 Å². The molecular formula is C27H24Cl2FNO6. The first-order valence-corrected chi connectivity index (χ1v) is 12.3. The molecule has 37 heavy (non-hydrogen) atoms. The molecule has 0 aromatic heterocycles. The van der Waals surface area contributed by atoms with Crippen molar-refractivity contribution >= 4 is 35.3 Å². The normalized spacial score (nSPS) is 15.3. The van der Waals surface area contributed by atoms with Gasteiger partial charge in [-0.15, -0.1) is 0 Å². The molecule has 1 heterocycles. The van der Waals surface area contributed by atoms with Crippen molar-refractivity contribution < 1.29 is 33.3 Å². The summed E-state index contributed by atoms with van der Waals surface area (Å²) in [6.07, 6.45) is -0.227. The van der Waals surface area contributed by atoms with Gasteiger partial charge in [-0.25, -0.2) is 8.81 Å². The summed E-state index contributed by atoms with van der Waals surface area (Å²) < 4.78 is 30.7. The lowest BCUT2D eigenvalue weighted by molar-refractivity contribution is -0.139. The second kappa shape index (κ2) is 12.3. The number of alkyl halides is 1. The number of carboxylic acid groups (broad SMARTS) is 1. The molecule has 10 heteroatoms. The number of hydrogen-bond acceptors (Lipinski definition) is 5. The quantitative estimate of drug-likeness (QED) is 0.295. The molecule has 1 aliphatic heterocycles. The monoisotopic (exact) mass is 547 g/mol. The number of amides is 1. The first kappa shape index (κ1) is 26.7. The fraction of sp³-hybridized carbons (Fsp3) is 0.259. The lowest BCUT2D eigenvalue weighted by atomic mass is 9.93. The van der Waals surface area contributed by atoms with Gasteiger partial charge in [-0.2, -0.15) is 0 Å². The van der Waals surface area contributed by atoms with E-state index < -0.39 is 30.6 Å². The SMILES string of the molecule is O=C(O)C1CCOc2cc(Oc3ccc(C(=O)N(Cl)CC(OCCF)c4ccccc4)cc3)c(Cl)cc21. The van der Waals surface area contributed by atoms with Crippen LogP contribution in [0.5, 0.6) is 17.2 Å². The fourth-order valence-electron chi connectivity index (χ4n) is 3.99. The number of hydrogen-bond donors (Lipinski definition) is 1. The average Bonchev–Trinajstić information content (AvgIpc) is 2.91. The van der Waals surface area contributed by atoms with Crippen LogP contribution in [0.1, 0.15) is 39.9 Å². The van der Waals surface area contributed by atoms with Crippen LogP contribution in [0.2, 0.25) is 5.02 Å². The first-order chi connectivity index (χ1) is 17.9. The van der Waals surface area contributed by atoms with Crippen molar-refractivity contribution in [2.45, 2.75) is 18.4 Å². The van der Waals surface area contributed by atoms with Crippen LogP contribution in [0.25, 0.3) is 0 Å². The molecule has 1 aliphatic rings. The molecule has 1 N–H and O–H groups in total. The third kappa shape index (κ3) is 6.52. The van der Waals surface area contributed by atoms with E-state index in [9.17, 15) is 19.1 Å². The minimum absolute atomic E-state index is 0.0186. The highest BCUT2D eigenvalue weighted by Crippen LogP contribution is 2.41. The molecule has 194 valence electrons. The predicted molar refractivity (Wildman–Crippen MR) is 136 cm³/mol. The Labute approximate surface area is 223 Å². The number of halogens is 3. The molecule has 0 radical (unpaired) electrons. The topological polar surface area (TPSA) is 85.3 Å². The second-order valence-electron chi connectivity index (χ2n) is 8.28. The van der Waals surface area contributed by atoms with Crippen molar-refractivity contribution in [1.82, 2.24) is 4.42 Å². The van der Waals surface area contributed by atoms with Gasteiger partial charge in [0.05, 0.1) is 30.7 Å². The summed E-state index contributed by atoms with van der Waals surface area (Å²) in [5.74, 6) is -0.989. The molecular weight excluding hydrogens is 524 g/mol. The summed E-state index contributed by atoms with van der Waals surface area (Å²) >= 11 is 12.6. The van der Waals surface area contributed by atoms with Crippen molar-refractivity contribution in [2.24, 2.45) is 0 Å². The number of carboxylic acids is 1. The van der Waals surface area contributed by atoms with E-state index in [-0.39, 0.29) is 24.8 Å². The van der Waals surface area contributed by atoms with E-state index in [0.29, 0.717) is 34.8 Å². The molecule has 4 rings (SSSR count). The molecule has 3 aromatic carbocycles. The molecule has 2 unspecified atom stereocenters. The zero-order valence-corrected chi connectivity index (χ0v) is 21.1. The standard InChI is InChI=1S/C27H24Cl2FNO6/c28-22-14-21-20(27(33)34)10-12-35-23(21)15-24(22)37-19-8-6-18(7-9-19)26(32)31(29)16-25(36-13-11-30)17-4-2-1-3-5-17/h1-9,14-15,20,25H,10-13,16H2,(H,33,34). The minimum Gasteiger partial charge on any atom is -0.493 e. The second-order valence-corrected chi connectivity index (χ2v) is 9.10. The molecule has 2 atom stereocenters. The van der Waals surface area contributed by atoms with Crippen LogP contribution in [-0.2, 0) is 9.53 Å². The van der Waals surface area contributed by atoms with Gasteiger partial charge in [-0.05, 0) is 42.3 Å². The Kier molecular flexibility index (Phi) is 8.87. The number of carbonyl (C=O) groups excluding carboxylic acids is 1. The van der Waals surface area contributed by atoms with Crippen LogP contribution < -0.4 is 9.47 Å². The number of rotatable bonds is 10. The zero-order chi connectivity index (χ0) is 26.4. The van der Waals surface area contributed by atoms with E-state index in [2.05, 4.69) is 0 Å². The van der Waals surface area contributed by atoms with Gasteiger partial charge < -0.3 is 19.3 Å². The Morgan fingerprint density at radius 2 is 1.86 bits per heavy atom. The van der Waals surface area contributed by atoms with Gasteiger partial charge in [0.25, 0.3) is 5.91 Å². The molecule has 7 nitrogen and oxygen atoms in total. The van der Waals surface area contributed by atoms with Gasteiger partial charge in [-0.3, -0.25) is 9.59 Å². The number of carbonyl (C=O) groups is 2. The Balaban J connectivity index is 1.44. The largest absolute Gasteiger partial charge is 0.493 e. The van der Waals surface area contributed by atoms with Crippen molar-refractivity contribution in [2.75, 3.05) is 26.4 Å². The van der Waals surface area contributed by atoms with Crippen molar-refractivity contribution in [3.8, 4) is 17.2 Å². The number of fused-ring (bicyclic) bond motifs is 1. The third-order valence-electron chi connectivity index (χ3n) is 5.85. The summed E-state index contributed by atoms with van der Waals surface area (Å²) in [5, 5.41) is 9.68. The lowest BCUT2D eigenvalue weighted by Crippen LogP contribution is -2.28. The predicted octanol–water partition coefficient (Wildman–Crippen LogP) is 6.41. The Hall–Kier alpha value is -3.33. The summed E-state index contributed by atoms with van der Waals surface area (Å²) in [7, 11) is 0. The summed E-state index contributed by atoms with van der Waals surface area (Å²) in [6, 6.07) is 18.5. The van der Waals surface area contributed by atoms with Crippen molar-refractivity contribution in [3.05, 3.63) is 88.4 Å². The minimum atomic E-state index is -0.938.